The largest absolute Gasteiger partial charge is 0.481 e. The summed E-state index contributed by atoms with van der Waals surface area (Å²) >= 11 is 0. The predicted molar refractivity (Wildman–Crippen MR) is 86.2 cm³/mol. The van der Waals surface area contributed by atoms with Gasteiger partial charge in [0.05, 0.1) is 5.92 Å². The van der Waals surface area contributed by atoms with Crippen LogP contribution >= 0.6 is 0 Å². The average molecular weight is 313 g/mol. The number of hydrogen-bond acceptors (Lipinski definition) is 3. The lowest BCUT2D eigenvalue weighted by Gasteiger charge is -2.14. The van der Waals surface area contributed by atoms with Crippen molar-refractivity contribution in [2.45, 2.75) is 19.4 Å². The average Bonchev–Trinajstić information content (AvgIpc) is 2.55. The first-order valence-corrected chi connectivity index (χ1v) is 7.30. The lowest BCUT2D eigenvalue weighted by Crippen LogP contribution is -2.32. The van der Waals surface area contributed by atoms with Crippen LogP contribution in [0.15, 0.2) is 54.6 Å². The zero-order valence-electron chi connectivity index (χ0n) is 12.9. The van der Waals surface area contributed by atoms with E-state index in [1.54, 1.807) is 12.1 Å². The number of ether oxygens (including phenoxy) is 1. The van der Waals surface area contributed by atoms with E-state index >= 15 is 0 Å². The Morgan fingerprint density at radius 1 is 1.09 bits per heavy atom. The highest BCUT2D eigenvalue weighted by Gasteiger charge is 2.20. The Bertz CT molecular complexity index is 652. The molecule has 1 unspecified atom stereocenters. The van der Waals surface area contributed by atoms with Gasteiger partial charge < -0.3 is 15.2 Å². The van der Waals surface area contributed by atoms with Gasteiger partial charge in [-0.1, -0.05) is 60.2 Å². The summed E-state index contributed by atoms with van der Waals surface area (Å²) in [6.07, 6.45) is -0.632. The third-order valence-corrected chi connectivity index (χ3v) is 3.44. The van der Waals surface area contributed by atoms with E-state index < -0.39 is 18.0 Å². The molecule has 0 spiro atoms. The van der Waals surface area contributed by atoms with Gasteiger partial charge in [-0.25, -0.2) is 4.79 Å². The van der Waals surface area contributed by atoms with Crippen molar-refractivity contribution in [3.05, 3.63) is 71.3 Å². The normalized spacial score (nSPS) is 11.5. The van der Waals surface area contributed by atoms with Crippen LogP contribution in [0.25, 0.3) is 0 Å². The minimum Gasteiger partial charge on any atom is -0.481 e. The molecular formula is C18H19NO4. The standard InChI is InChI=1S/C18H19NO4/c1-13-7-9-15(10-8-13)16(17(20)21)11-19-18(22)23-12-14-5-3-2-4-6-14/h2-10,16H,11-12H2,1H3,(H,19,22)(H,20,21). The molecule has 0 aromatic heterocycles. The van der Waals surface area contributed by atoms with Crippen molar-refractivity contribution in [2.24, 2.45) is 0 Å². The van der Waals surface area contributed by atoms with Crippen molar-refractivity contribution in [3.63, 3.8) is 0 Å². The SMILES string of the molecule is Cc1ccc(C(CNC(=O)OCc2ccccc2)C(=O)O)cc1. The van der Waals surface area contributed by atoms with Crippen LogP contribution in [0.2, 0.25) is 0 Å². The first-order chi connectivity index (χ1) is 11.1. The highest BCUT2D eigenvalue weighted by Crippen LogP contribution is 2.16. The molecule has 0 bridgehead atoms. The summed E-state index contributed by atoms with van der Waals surface area (Å²) in [7, 11) is 0. The zero-order chi connectivity index (χ0) is 16.7. The van der Waals surface area contributed by atoms with E-state index in [-0.39, 0.29) is 13.2 Å². The number of rotatable bonds is 6. The van der Waals surface area contributed by atoms with Crippen molar-refractivity contribution in [3.8, 4) is 0 Å². The maximum atomic E-state index is 11.7. The number of alkyl carbamates (subject to hydrolysis) is 1. The maximum absolute atomic E-state index is 11.7. The van der Waals surface area contributed by atoms with Gasteiger partial charge in [0.15, 0.2) is 0 Å². The molecule has 2 rings (SSSR count). The number of carbonyl (C=O) groups is 2. The quantitative estimate of drug-likeness (QED) is 0.859. The molecule has 2 aromatic carbocycles. The number of nitrogens with one attached hydrogen (secondary N) is 1. The first-order valence-electron chi connectivity index (χ1n) is 7.30. The molecule has 0 fully saturated rings. The Kier molecular flexibility index (Phi) is 5.74. The molecule has 5 nitrogen and oxygen atoms in total. The lowest BCUT2D eigenvalue weighted by atomic mass is 9.98. The summed E-state index contributed by atoms with van der Waals surface area (Å²) in [5.74, 6) is -1.79. The minimum absolute atomic E-state index is 0.0218. The van der Waals surface area contributed by atoms with Crippen molar-refractivity contribution < 1.29 is 19.4 Å². The van der Waals surface area contributed by atoms with E-state index in [0.29, 0.717) is 5.56 Å². The number of carboxylic acid groups (broad SMARTS) is 1. The molecule has 0 saturated heterocycles. The van der Waals surface area contributed by atoms with Crippen molar-refractivity contribution >= 4 is 12.1 Å². The highest BCUT2D eigenvalue weighted by molar-refractivity contribution is 5.77. The Hall–Kier alpha value is -2.82. The van der Waals surface area contributed by atoms with Crippen LogP contribution < -0.4 is 5.32 Å². The van der Waals surface area contributed by atoms with Crippen molar-refractivity contribution in [1.29, 1.82) is 0 Å². The van der Waals surface area contributed by atoms with Gasteiger partial charge in [-0.15, -0.1) is 0 Å². The smallest absolute Gasteiger partial charge is 0.407 e. The Morgan fingerprint density at radius 2 is 1.74 bits per heavy atom. The van der Waals surface area contributed by atoms with Crippen LogP contribution in [0.4, 0.5) is 4.79 Å². The van der Waals surface area contributed by atoms with Gasteiger partial charge in [0, 0.05) is 6.54 Å². The molecule has 2 aromatic rings. The van der Waals surface area contributed by atoms with Gasteiger partial charge in [0.2, 0.25) is 0 Å². The van der Waals surface area contributed by atoms with Gasteiger partial charge in [-0.2, -0.15) is 0 Å². The Morgan fingerprint density at radius 3 is 2.35 bits per heavy atom. The van der Waals surface area contributed by atoms with E-state index in [9.17, 15) is 14.7 Å². The topological polar surface area (TPSA) is 75.6 Å². The molecule has 0 radical (unpaired) electrons. The molecule has 120 valence electrons. The predicted octanol–water partition coefficient (Wildman–Crippen LogP) is 3.09. The molecule has 0 aliphatic heterocycles. The summed E-state index contributed by atoms with van der Waals surface area (Å²) in [6.45, 7) is 2.06. The fourth-order valence-electron chi connectivity index (χ4n) is 2.11. The van der Waals surface area contributed by atoms with Gasteiger partial charge in [-0.3, -0.25) is 4.79 Å². The fraction of sp³-hybridized carbons (Fsp3) is 0.222. The van der Waals surface area contributed by atoms with Gasteiger partial charge in [0.25, 0.3) is 0 Å². The second-order valence-electron chi connectivity index (χ2n) is 5.24. The highest BCUT2D eigenvalue weighted by atomic mass is 16.5. The minimum atomic E-state index is -0.989. The molecule has 23 heavy (non-hydrogen) atoms. The van der Waals surface area contributed by atoms with Crippen LogP contribution in [-0.4, -0.2) is 23.7 Å². The van der Waals surface area contributed by atoms with Crippen LogP contribution in [0.1, 0.15) is 22.6 Å². The van der Waals surface area contributed by atoms with Crippen LogP contribution in [0.5, 0.6) is 0 Å². The number of hydrogen-bond donors (Lipinski definition) is 2. The van der Waals surface area contributed by atoms with Crippen molar-refractivity contribution in [2.75, 3.05) is 6.54 Å². The molecule has 0 aliphatic carbocycles. The van der Waals surface area contributed by atoms with E-state index in [4.69, 9.17) is 4.74 Å². The first kappa shape index (κ1) is 16.5. The summed E-state index contributed by atoms with van der Waals surface area (Å²) in [5, 5.41) is 11.8. The molecule has 2 N–H and O–H groups in total. The van der Waals surface area contributed by atoms with E-state index in [1.807, 2.05) is 49.4 Å². The number of aliphatic carboxylic acids is 1. The Balaban J connectivity index is 1.87. The zero-order valence-corrected chi connectivity index (χ0v) is 12.9. The fourth-order valence-corrected chi connectivity index (χ4v) is 2.11. The summed E-state index contributed by atoms with van der Waals surface area (Å²) in [6, 6.07) is 16.5. The van der Waals surface area contributed by atoms with Gasteiger partial charge in [-0.05, 0) is 18.1 Å². The number of carbonyl (C=O) groups excluding carboxylic acids is 1. The Labute approximate surface area is 134 Å². The molecule has 1 amide bonds. The molecule has 5 heteroatoms. The van der Waals surface area contributed by atoms with E-state index in [2.05, 4.69) is 5.32 Å². The third kappa shape index (κ3) is 5.14. The second-order valence-corrected chi connectivity index (χ2v) is 5.24. The molecule has 0 heterocycles. The van der Waals surface area contributed by atoms with E-state index in [0.717, 1.165) is 11.1 Å². The number of amides is 1. The number of aryl methyl sites for hydroxylation is 1. The lowest BCUT2D eigenvalue weighted by molar-refractivity contribution is -0.138. The molecule has 0 aliphatic rings. The number of benzene rings is 2. The maximum Gasteiger partial charge on any atom is 0.407 e. The monoisotopic (exact) mass is 313 g/mol. The van der Waals surface area contributed by atoms with E-state index in [1.165, 1.54) is 0 Å². The van der Waals surface area contributed by atoms with Crippen molar-refractivity contribution in [1.82, 2.24) is 5.32 Å². The van der Waals surface area contributed by atoms with Crippen LogP contribution in [0, 0.1) is 6.92 Å². The summed E-state index contributed by atoms with van der Waals surface area (Å²) in [4.78, 5) is 23.1. The van der Waals surface area contributed by atoms with Gasteiger partial charge >= 0.3 is 12.1 Å². The molecule has 1 atom stereocenters. The van der Waals surface area contributed by atoms with Gasteiger partial charge in [0.1, 0.15) is 6.61 Å². The van der Waals surface area contributed by atoms with Crippen LogP contribution in [-0.2, 0) is 16.1 Å². The summed E-state index contributed by atoms with van der Waals surface area (Å²) < 4.78 is 5.07. The molecule has 0 saturated carbocycles. The second kappa shape index (κ2) is 7.98. The summed E-state index contributed by atoms with van der Waals surface area (Å²) in [5.41, 5.74) is 2.57. The molecular weight excluding hydrogens is 294 g/mol. The number of carboxylic acids is 1. The van der Waals surface area contributed by atoms with Crippen LogP contribution in [0.3, 0.4) is 0 Å². The third-order valence-electron chi connectivity index (χ3n) is 3.44.